The molecule has 4 heteroatoms. The zero-order valence-corrected chi connectivity index (χ0v) is 12.8. The Bertz CT molecular complexity index is 957. The number of rotatable bonds is 0. The SMILES string of the molecule is Cc1cccc2c1C(=O)N1CCc3c([nH]c4ccccc34)C1O2. The van der Waals surface area contributed by atoms with Gasteiger partial charge in [-0.3, -0.25) is 9.69 Å². The summed E-state index contributed by atoms with van der Waals surface area (Å²) in [4.78, 5) is 18.2. The molecule has 1 aromatic heterocycles. The van der Waals surface area contributed by atoms with Crippen molar-refractivity contribution in [2.24, 2.45) is 0 Å². The Balaban J connectivity index is 1.70. The van der Waals surface area contributed by atoms with Crippen molar-refractivity contribution in [1.29, 1.82) is 0 Å². The van der Waals surface area contributed by atoms with Crippen molar-refractivity contribution in [2.75, 3.05) is 6.54 Å². The summed E-state index contributed by atoms with van der Waals surface area (Å²) < 4.78 is 6.22. The number of fused-ring (bicyclic) bond motifs is 6. The van der Waals surface area contributed by atoms with Crippen molar-refractivity contribution in [2.45, 2.75) is 19.6 Å². The van der Waals surface area contributed by atoms with Crippen LogP contribution in [0.25, 0.3) is 10.9 Å². The average Bonchev–Trinajstić information content (AvgIpc) is 2.94. The minimum atomic E-state index is -0.354. The summed E-state index contributed by atoms with van der Waals surface area (Å²) in [5.41, 5.74) is 5.05. The van der Waals surface area contributed by atoms with E-state index in [0.717, 1.165) is 23.2 Å². The molecule has 1 atom stereocenters. The number of amides is 1. The normalized spacial score (nSPS) is 19.1. The predicted molar refractivity (Wildman–Crippen MR) is 87.6 cm³/mol. The molecule has 0 aliphatic carbocycles. The lowest BCUT2D eigenvalue weighted by Crippen LogP contribution is -2.45. The van der Waals surface area contributed by atoms with Crippen molar-refractivity contribution < 1.29 is 9.53 Å². The van der Waals surface area contributed by atoms with Crippen LogP contribution in [0.1, 0.15) is 33.4 Å². The Morgan fingerprint density at radius 1 is 1.17 bits per heavy atom. The van der Waals surface area contributed by atoms with E-state index in [9.17, 15) is 4.79 Å². The number of aromatic amines is 1. The first kappa shape index (κ1) is 12.8. The zero-order chi connectivity index (χ0) is 15.6. The van der Waals surface area contributed by atoms with Crippen molar-refractivity contribution in [3.05, 3.63) is 64.8 Å². The van der Waals surface area contributed by atoms with E-state index in [1.165, 1.54) is 10.9 Å². The summed E-state index contributed by atoms with van der Waals surface area (Å²) in [6.45, 7) is 2.64. The summed E-state index contributed by atoms with van der Waals surface area (Å²) in [5, 5.41) is 1.23. The smallest absolute Gasteiger partial charge is 0.261 e. The van der Waals surface area contributed by atoms with Gasteiger partial charge < -0.3 is 9.72 Å². The van der Waals surface area contributed by atoms with Crippen molar-refractivity contribution in [3.63, 3.8) is 0 Å². The Kier molecular flexibility index (Phi) is 2.43. The van der Waals surface area contributed by atoms with Crippen LogP contribution in [0.15, 0.2) is 42.5 Å². The Hall–Kier alpha value is -2.75. The summed E-state index contributed by atoms with van der Waals surface area (Å²) >= 11 is 0. The lowest BCUT2D eigenvalue weighted by atomic mass is 9.98. The molecule has 5 rings (SSSR count). The maximum atomic E-state index is 12.9. The number of carbonyl (C=O) groups excluding carboxylic acids is 1. The number of hydrogen-bond acceptors (Lipinski definition) is 2. The van der Waals surface area contributed by atoms with Gasteiger partial charge in [-0.2, -0.15) is 0 Å². The Morgan fingerprint density at radius 2 is 2.04 bits per heavy atom. The van der Waals surface area contributed by atoms with E-state index in [2.05, 4.69) is 17.1 Å². The highest BCUT2D eigenvalue weighted by Crippen LogP contribution is 2.41. The number of carbonyl (C=O) groups is 1. The third-order valence-electron chi connectivity index (χ3n) is 4.93. The topological polar surface area (TPSA) is 45.3 Å². The molecule has 3 heterocycles. The first-order valence-electron chi connectivity index (χ1n) is 7.91. The van der Waals surface area contributed by atoms with Crippen LogP contribution in [0.5, 0.6) is 5.75 Å². The summed E-state index contributed by atoms with van der Waals surface area (Å²) in [7, 11) is 0. The van der Waals surface area contributed by atoms with E-state index in [1.807, 2.05) is 42.2 Å². The lowest BCUT2D eigenvalue weighted by molar-refractivity contribution is 0.00188. The van der Waals surface area contributed by atoms with E-state index < -0.39 is 0 Å². The number of ether oxygens (including phenoxy) is 1. The first-order valence-corrected chi connectivity index (χ1v) is 7.91. The van der Waals surface area contributed by atoms with Gasteiger partial charge in [0, 0.05) is 17.4 Å². The predicted octanol–water partition coefficient (Wildman–Crippen LogP) is 3.57. The molecule has 0 saturated heterocycles. The highest BCUT2D eigenvalue weighted by Gasteiger charge is 2.40. The standard InChI is InChI=1S/C19H16N2O2/c1-11-5-4-8-15-16(11)18(22)21-10-9-13-12-6-2-3-7-14(12)20-17(13)19(21)23-15/h2-8,19-20H,9-10H2,1H3. The number of H-pyrrole nitrogens is 1. The fourth-order valence-corrected chi connectivity index (χ4v) is 3.81. The minimum Gasteiger partial charge on any atom is -0.464 e. The van der Waals surface area contributed by atoms with Crippen LogP contribution in [0.2, 0.25) is 0 Å². The first-order chi connectivity index (χ1) is 11.2. The Labute approximate surface area is 133 Å². The van der Waals surface area contributed by atoms with Gasteiger partial charge in [-0.25, -0.2) is 0 Å². The number of nitrogens with zero attached hydrogens (tertiary/aromatic N) is 1. The van der Waals surface area contributed by atoms with Gasteiger partial charge in [0.15, 0.2) is 0 Å². The number of aryl methyl sites for hydroxylation is 1. The third kappa shape index (κ3) is 1.63. The molecule has 0 radical (unpaired) electrons. The van der Waals surface area contributed by atoms with E-state index >= 15 is 0 Å². The molecule has 2 aromatic carbocycles. The number of hydrogen-bond donors (Lipinski definition) is 1. The quantitative estimate of drug-likeness (QED) is 0.690. The van der Waals surface area contributed by atoms with Gasteiger partial charge in [0.2, 0.25) is 6.23 Å². The van der Waals surface area contributed by atoms with Crippen molar-refractivity contribution in [1.82, 2.24) is 9.88 Å². The molecule has 23 heavy (non-hydrogen) atoms. The van der Waals surface area contributed by atoms with E-state index in [-0.39, 0.29) is 12.1 Å². The summed E-state index contributed by atoms with van der Waals surface area (Å²) in [6.07, 6.45) is 0.500. The van der Waals surface area contributed by atoms with Gasteiger partial charge in [-0.1, -0.05) is 30.3 Å². The third-order valence-corrected chi connectivity index (χ3v) is 4.93. The van der Waals surface area contributed by atoms with E-state index in [0.29, 0.717) is 17.9 Å². The van der Waals surface area contributed by atoms with Crippen LogP contribution in [0, 0.1) is 6.92 Å². The van der Waals surface area contributed by atoms with Gasteiger partial charge in [-0.15, -0.1) is 0 Å². The fourth-order valence-electron chi connectivity index (χ4n) is 3.81. The average molecular weight is 304 g/mol. The van der Waals surface area contributed by atoms with Crippen LogP contribution in [-0.2, 0) is 6.42 Å². The molecular formula is C19H16N2O2. The monoisotopic (exact) mass is 304 g/mol. The Morgan fingerprint density at radius 3 is 2.96 bits per heavy atom. The molecule has 1 unspecified atom stereocenters. The molecule has 4 nitrogen and oxygen atoms in total. The van der Waals surface area contributed by atoms with Crippen molar-refractivity contribution in [3.8, 4) is 5.75 Å². The van der Waals surface area contributed by atoms with Gasteiger partial charge in [0.1, 0.15) is 5.75 Å². The van der Waals surface area contributed by atoms with Gasteiger partial charge >= 0.3 is 0 Å². The van der Waals surface area contributed by atoms with Crippen LogP contribution in [-0.4, -0.2) is 22.3 Å². The molecule has 1 amide bonds. The molecule has 114 valence electrons. The summed E-state index contributed by atoms with van der Waals surface area (Å²) in [6, 6.07) is 14.0. The number of nitrogens with one attached hydrogen (secondary N) is 1. The van der Waals surface area contributed by atoms with Crippen LogP contribution in [0.4, 0.5) is 0 Å². The second-order valence-corrected chi connectivity index (χ2v) is 6.23. The minimum absolute atomic E-state index is 0.0682. The van der Waals surface area contributed by atoms with Crippen LogP contribution < -0.4 is 4.74 Å². The zero-order valence-electron chi connectivity index (χ0n) is 12.8. The van der Waals surface area contributed by atoms with E-state index in [4.69, 9.17) is 4.74 Å². The molecule has 2 aliphatic rings. The molecule has 1 N–H and O–H groups in total. The van der Waals surface area contributed by atoms with Gasteiger partial charge in [0.25, 0.3) is 5.91 Å². The lowest BCUT2D eigenvalue weighted by Gasteiger charge is -2.40. The molecule has 2 aliphatic heterocycles. The van der Waals surface area contributed by atoms with Gasteiger partial charge in [-0.05, 0) is 36.6 Å². The number of aromatic nitrogens is 1. The number of benzene rings is 2. The fraction of sp³-hybridized carbons (Fsp3) is 0.211. The maximum absolute atomic E-state index is 12.9. The molecule has 0 spiro atoms. The molecular weight excluding hydrogens is 288 g/mol. The maximum Gasteiger partial charge on any atom is 0.261 e. The van der Waals surface area contributed by atoms with Gasteiger partial charge in [0.05, 0.1) is 11.3 Å². The van der Waals surface area contributed by atoms with Crippen LogP contribution in [0.3, 0.4) is 0 Å². The van der Waals surface area contributed by atoms with E-state index in [1.54, 1.807) is 0 Å². The second-order valence-electron chi connectivity index (χ2n) is 6.23. The second kappa shape index (κ2) is 4.38. The molecule has 0 bridgehead atoms. The summed E-state index contributed by atoms with van der Waals surface area (Å²) in [5.74, 6) is 0.751. The molecule has 0 saturated carbocycles. The highest BCUT2D eigenvalue weighted by molar-refractivity contribution is 6.00. The largest absolute Gasteiger partial charge is 0.464 e. The number of para-hydroxylation sites is 1. The molecule has 3 aromatic rings. The van der Waals surface area contributed by atoms with Crippen LogP contribution >= 0.6 is 0 Å². The highest BCUT2D eigenvalue weighted by atomic mass is 16.5. The molecule has 0 fully saturated rings. The van der Waals surface area contributed by atoms with Crippen molar-refractivity contribution >= 4 is 16.8 Å².